The first kappa shape index (κ1) is 13.4. The molecular formula is C15H17FN2O. The predicted molar refractivity (Wildman–Crippen MR) is 75.1 cm³/mol. The fraction of sp³-hybridized carbons (Fsp3) is 0.200. The van der Waals surface area contributed by atoms with Crippen LogP contribution in [0.25, 0.3) is 11.5 Å². The summed E-state index contributed by atoms with van der Waals surface area (Å²) in [5.74, 6) is -1.02. The van der Waals surface area contributed by atoms with Gasteiger partial charge in [-0.05, 0) is 48.7 Å². The topological polar surface area (TPSA) is 49.5 Å². The van der Waals surface area contributed by atoms with E-state index in [9.17, 15) is 4.39 Å². The first-order valence-electron chi connectivity index (χ1n) is 5.99. The number of hydrogen-bond acceptors (Lipinski definition) is 3. The number of halogens is 1. The monoisotopic (exact) mass is 260 g/mol. The van der Waals surface area contributed by atoms with E-state index >= 15 is 0 Å². The van der Waals surface area contributed by atoms with Crippen LogP contribution in [0.4, 0.5) is 4.39 Å². The highest BCUT2D eigenvalue weighted by Gasteiger charge is 2.05. The third-order valence-electron chi connectivity index (χ3n) is 2.90. The zero-order valence-electron chi connectivity index (χ0n) is 11.0. The van der Waals surface area contributed by atoms with Crippen LogP contribution >= 0.6 is 0 Å². The fourth-order valence-electron chi connectivity index (χ4n) is 2.04. The minimum atomic E-state index is -0.521. The molecular weight excluding hydrogens is 243 g/mol. The second kappa shape index (κ2) is 5.28. The van der Waals surface area contributed by atoms with E-state index in [2.05, 4.69) is 4.90 Å². The molecule has 0 amide bonds. The lowest BCUT2D eigenvalue weighted by Crippen LogP contribution is -2.20. The fourth-order valence-corrected chi connectivity index (χ4v) is 2.04. The van der Waals surface area contributed by atoms with E-state index in [4.69, 9.17) is 10.8 Å². The molecule has 0 radical (unpaired) electrons. The van der Waals surface area contributed by atoms with Crippen LogP contribution in [0.1, 0.15) is 0 Å². The highest BCUT2D eigenvalue weighted by Crippen LogP contribution is 2.15. The summed E-state index contributed by atoms with van der Waals surface area (Å²) < 4.78 is 13.7. The van der Waals surface area contributed by atoms with E-state index in [-0.39, 0.29) is 5.22 Å². The Kier molecular flexibility index (Phi) is 3.71. The number of aliphatic hydroxyl groups is 1. The molecule has 1 aromatic rings. The van der Waals surface area contributed by atoms with E-state index in [0.717, 1.165) is 17.3 Å². The number of nitrogens with zero attached hydrogens (tertiary/aromatic N) is 1. The molecule has 0 fully saturated rings. The number of benzene rings is 1. The maximum Gasteiger partial charge on any atom is 0.191 e. The van der Waals surface area contributed by atoms with Gasteiger partial charge in [0.25, 0.3) is 0 Å². The Labute approximate surface area is 111 Å². The van der Waals surface area contributed by atoms with Crippen LogP contribution in [0.2, 0.25) is 0 Å². The normalized spacial score (nSPS) is 18.8. The third kappa shape index (κ3) is 3.03. The van der Waals surface area contributed by atoms with Crippen molar-refractivity contribution < 1.29 is 9.50 Å². The SMILES string of the molecule is CN(C)CC1=C/C(=c2/cc/c(=C(/N)O)c(F)c2)C=C1. The minimum absolute atomic E-state index is 0.0313. The Morgan fingerprint density at radius 2 is 2.05 bits per heavy atom. The highest BCUT2D eigenvalue weighted by molar-refractivity contribution is 5.73. The van der Waals surface area contributed by atoms with E-state index in [1.165, 1.54) is 17.7 Å². The van der Waals surface area contributed by atoms with Crippen LogP contribution in [0.5, 0.6) is 0 Å². The van der Waals surface area contributed by atoms with Gasteiger partial charge in [0.2, 0.25) is 0 Å². The second-order valence-electron chi connectivity index (χ2n) is 4.83. The maximum atomic E-state index is 13.7. The van der Waals surface area contributed by atoms with Gasteiger partial charge < -0.3 is 15.7 Å². The van der Waals surface area contributed by atoms with Crippen molar-refractivity contribution in [1.29, 1.82) is 0 Å². The van der Waals surface area contributed by atoms with Crippen LogP contribution < -0.4 is 16.2 Å². The molecule has 0 atom stereocenters. The van der Waals surface area contributed by atoms with Crippen molar-refractivity contribution >= 4 is 11.5 Å². The maximum absolute atomic E-state index is 13.7. The lowest BCUT2D eigenvalue weighted by atomic mass is 10.1. The first-order valence-corrected chi connectivity index (χ1v) is 5.99. The average molecular weight is 260 g/mol. The number of hydrogen-bond donors (Lipinski definition) is 2. The molecule has 100 valence electrons. The number of aliphatic hydroxyl groups excluding tert-OH is 1. The van der Waals surface area contributed by atoms with Crippen molar-refractivity contribution in [3.63, 3.8) is 0 Å². The van der Waals surface area contributed by atoms with Crippen molar-refractivity contribution in [2.45, 2.75) is 0 Å². The summed E-state index contributed by atoms with van der Waals surface area (Å²) in [6, 6.07) is 4.61. The standard InChI is InChI=1S/C15H17FN2O/c1-18(2)9-10-3-4-11(7-10)12-5-6-13(15(17)19)14(16)8-12/h3-8,19H,9,17H2,1-2H3/b12-11-,15-13+. The van der Waals surface area contributed by atoms with Crippen molar-refractivity contribution in [2.75, 3.05) is 20.6 Å². The molecule has 2 rings (SSSR count). The highest BCUT2D eigenvalue weighted by atomic mass is 19.1. The molecule has 4 heteroatoms. The predicted octanol–water partition coefficient (Wildman–Crippen LogP) is 0.617. The Balaban J connectivity index is 2.47. The van der Waals surface area contributed by atoms with Crippen molar-refractivity contribution in [2.24, 2.45) is 5.73 Å². The van der Waals surface area contributed by atoms with Crippen molar-refractivity contribution in [1.82, 2.24) is 4.90 Å². The van der Waals surface area contributed by atoms with Gasteiger partial charge >= 0.3 is 0 Å². The van der Waals surface area contributed by atoms with Crippen LogP contribution in [-0.2, 0) is 0 Å². The lowest BCUT2D eigenvalue weighted by molar-refractivity contribution is 0.449. The van der Waals surface area contributed by atoms with E-state index < -0.39 is 11.7 Å². The summed E-state index contributed by atoms with van der Waals surface area (Å²) >= 11 is 0. The molecule has 1 aliphatic rings. The molecule has 19 heavy (non-hydrogen) atoms. The van der Waals surface area contributed by atoms with E-state index in [0.29, 0.717) is 0 Å². The van der Waals surface area contributed by atoms with Gasteiger partial charge in [-0.25, -0.2) is 4.39 Å². The molecule has 0 bridgehead atoms. The van der Waals surface area contributed by atoms with Gasteiger partial charge in [-0.3, -0.25) is 0 Å². The molecule has 0 unspecified atom stereocenters. The number of allylic oxidation sites excluding steroid dienone is 2. The Morgan fingerprint density at radius 3 is 2.63 bits per heavy atom. The first-order chi connectivity index (χ1) is 8.97. The molecule has 0 saturated heterocycles. The zero-order chi connectivity index (χ0) is 14.0. The Hall–Kier alpha value is -2.07. The van der Waals surface area contributed by atoms with Crippen molar-refractivity contribution in [3.05, 3.63) is 58.3 Å². The number of rotatable bonds is 2. The van der Waals surface area contributed by atoms with Gasteiger partial charge in [0.05, 0.1) is 5.22 Å². The largest absolute Gasteiger partial charge is 0.494 e. The molecule has 0 aliphatic heterocycles. The summed E-state index contributed by atoms with van der Waals surface area (Å²) in [7, 11) is 4.00. The van der Waals surface area contributed by atoms with Crippen LogP contribution in [0, 0.1) is 5.82 Å². The Bertz CT molecular complexity index is 668. The summed E-state index contributed by atoms with van der Waals surface area (Å²) in [6.45, 7) is 0.845. The van der Waals surface area contributed by atoms with Gasteiger partial charge in [-0.1, -0.05) is 18.2 Å². The summed E-state index contributed by atoms with van der Waals surface area (Å²) in [5.41, 5.74) is 7.32. The molecule has 0 saturated carbocycles. The summed E-state index contributed by atoms with van der Waals surface area (Å²) in [6.07, 6.45) is 6.01. The molecule has 1 aliphatic carbocycles. The molecule has 0 aromatic heterocycles. The number of nitrogens with two attached hydrogens (primary N) is 1. The van der Waals surface area contributed by atoms with Gasteiger partial charge in [0.1, 0.15) is 5.82 Å². The average Bonchev–Trinajstić information content (AvgIpc) is 2.75. The number of likely N-dealkylation sites (N-methyl/N-ethyl adjacent to an activating group) is 1. The van der Waals surface area contributed by atoms with Crippen LogP contribution in [0.15, 0.2) is 42.0 Å². The van der Waals surface area contributed by atoms with E-state index in [1.807, 2.05) is 32.3 Å². The third-order valence-corrected chi connectivity index (χ3v) is 2.90. The van der Waals surface area contributed by atoms with E-state index in [1.54, 1.807) is 6.07 Å². The van der Waals surface area contributed by atoms with Gasteiger partial charge in [-0.2, -0.15) is 0 Å². The van der Waals surface area contributed by atoms with Crippen LogP contribution in [0.3, 0.4) is 0 Å². The second-order valence-corrected chi connectivity index (χ2v) is 4.83. The molecule has 0 heterocycles. The molecule has 0 spiro atoms. The molecule has 3 N–H and O–H groups in total. The van der Waals surface area contributed by atoms with Gasteiger partial charge in [0.15, 0.2) is 5.88 Å². The lowest BCUT2D eigenvalue weighted by Gasteiger charge is -2.07. The van der Waals surface area contributed by atoms with Crippen molar-refractivity contribution in [3.8, 4) is 0 Å². The van der Waals surface area contributed by atoms with Crippen LogP contribution in [-0.4, -0.2) is 30.6 Å². The molecule has 3 nitrogen and oxygen atoms in total. The quantitative estimate of drug-likeness (QED) is 0.819. The summed E-state index contributed by atoms with van der Waals surface area (Å²) in [5, 5.41) is 9.92. The zero-order valence-corrected chi connectivity index (χ0v) is 11.0. The summed E-state index contributed by atoms with van der Waals surface area (Å²) in [4.78, 5) is 2.07. The minimum Gasteiger partial charge on any atom is -0.494 e. The Morgan fingerprint density at radius 1 is 1.32 bits per heavy atom. The van der Waals surface area contributed by atoms with Gasteiger partial charge in [0, 0.05) is 6.54 Å². The molecule has 1 aromatic carbocycles. The smallest absolute Gasteiger partial charge is 0.191 e. The van der Waals surface area contributed by atoms with Gasteiger partial charge in [-0.15, -0.1) is 0 Å².